The van der Waals surface area contributed by atoms with Gasteiger partial charge < -0.3 is 5.11 Å². The summed E-state index contributed by atoms with van der Waals surface area (Å²) in [5.41, 5.74) is 0. The van der Waals surface area contributed by atoms with Gasteiger partial charge in [0.2, 0.25) is 0 Å². The van der Waals surface area contributed by atoms with Crippen molar-refractivity contribution in [2.24, 2.45) is 0 Å². The molecule has 0 fully saturated rings. The number of rotatable bonds is 0. The van der Waals surface area contributed by atoms with Crippen molar-refractivity contribution in [2.75, 3.05) is 0 Å². The average molecular weight is 83.1 g/mol. The molecule has 1 aliphatic carbocycles. The van der Waals surface area contributed by atoms with E-state index in [9.17, 15) is 0 Å². The van der Waals surface area contributed by atoms with Crippen LogP contribution in [0, 0.1) is 6.42 Å². The third-order valence-electron chi connectivity index (χ3n) is 0.847. The Bertz CT molecular complexity index is 58.3. The predicted molar refractivity (Wildman–Crippen MR) is 24.1 cm³/mol. The summed E-state index contributed by atoms with van der Waals surface area (Å²) in [5.74, 6) is 0. The lowest BCUT2D eigenvalue weighted by molar-refractivity contribution is 0.221. The van der Waals surface area contributed by atoms with Gasteiger partial charge in [0.05, 0.1) is 6.10 Å². The van der Waals surface area contributed by atoms with Crippen LogP contribution in [0.5, 0.6) is 0 Å². The van der Waals surface area contributed by atoms with Crippen LogP contribution in [-0.4, -0.2) is 11.2 Å². The fourth-order valence-electron chi connectivity index (χ4n) is 0.503. The smallest absolute Gasteiger partial charge is 0.0643 e. The standard InChI is InChI=1S/C5H7O/c6-5-3-1-2-4-5/h1-3,5-6H,4H2. The van der Waals surface area contributed by atoms with E-state index in [-0.39, 0.29) is 6.10 Å². The van der Waals surface area contributed by atoms with Crippen LogP contribution in [0.3, 0.4) is 0 Å². The summed E-state index contributed by atoms with van der Waals surface area (Å²) in [7, 11) is 0. The number of hydrogen-bond donors (Lipinski definition) is 1. The van der Waals surface area contributed by atoms with Gasteiger partial charge in [-0.1, -0.05) is 12.2 Å². The maximum absolute atomic E-state index is 8.61. The minimum absolute atomic E-state index is 0.190. The Kier molecular flexibility index (Phi) is 0.926. The molecule has 0 saturated carbocycles. The van der Waals surface area contributed by atoms with Crippen molar-refractivity contribution in [2.45, 2.75) is 12.5 Å². The zero-order chi connectivity index (χ0) is 4.41. The molecule has 6 heavy (non-hydrogen) atoms. The Balaban J connectivity index is 2.32. The van der Waals surface area contributed by atoms with Crippen molar-refractivity contribution in [1.29, 1.82) is 0 Å². The second-order valence-electron chi connectivity index (χ2n) is 1.42. The molecule has 1 atom stereocenters. The highest BCUT2D eigenvalue weighted by Crippen LogP contribution is 2.05. The highest BCUT2D eigenvalue weighted by atomic mass is 16.3. The molecule has 0 aromatic rings. The van der Waals surface area contributed by atoms with E-state index >= 15 is 0 Å². The second-order valence-corrected chi connectivity index (χ2v) is 1.42. The largest absolute Gasteiger partial charge is 0.392 e. The molecular weight excluding hydrogens is 76.1 g/mol. The van der Waals surface area contributed by atoms with Gasteiger partial charge >= 0.3 is 0 Å². The van der Waals surface area contributed by atoms with E-state index in [1.807, 2.05) is 12.2 Å². The quantitative estimate of drug-likeness (QED) is 0.452. The minimum atomic E-state index is -0.190. The first-order valence-electron chi connectivity index (χ1n) is 2.07. The molecule has 1 N–H and O–H groups in total. The Morgan fingerprint density at radius 3 is 2.67 bits per heavy atom. The molecule has 0 bridgehead atoms. The number of aliphatic hydroxyl groups is 1. The molecule has 33 valence electrons. The van der Waals surface area contributed by atoms with Crippen LogP contribution in [-0.2, 0) is 0 Å². The molecule has 1 radical (unpaired) electrons. The summed E-state index contributed by atoms with van der Waals surface area (Å²) in [6.07, 6.45) is 6.22. The second kappa shape index (κ2) is 1.43. The van der Waals surface area contributed by atoms with Gasteiger partial charge in [-0.3, -0.25) is 0 Å². The first-order valence-corrected chi connectivity index (χ1v) is 2.07. The van der Waals surface area contributed by atoms with Crippen LogP contribution in [0.2, 0.25) is 0 Å². The first kappa shape index (κ1) is 3.88. The monoisotopic (exact) mass is 83.0 g/mol. The van der Waals surface area contributed by atoms with E-state index < -0.39 is 0 Å². The lowest BCUT2D eigenvalue weighted by Crippen LogP contribution is -1.96. The van der Waals surface area contributed by atoms with Gasteiger partial charge in [-0.05, 0) is 6.42 Å². The number of aliphatic hydroxyl groups excluding tert-OH is 1. The highest BCUT2D eigenvalue weighted by Gasteiger charge is 2.02. The van der Waals surface area contributed by atoms with E-state index in [1.165, 1.54) is 0 Å². The normalized spacial score (nSPS) is 22.8. The molecule has 1 heteroatoms. The van der Waals surface area contributed by atoms with Gasteiger partial charge in [-0.2, -0.15) is 0 Å². The summed E-state index contributed by atoms with van der Waals surface area (Å²) < 4.78 is 0. The summed E-state index contributed by atoms with van der Waals surface area (Å²) in [4.78, 5) is 0. The average Bonchev–Trinajstić information content (AvgIpc) is 1.86. The van der Waals surface area contributed by atoms with Crippen molar-refractivity contribution < 1.29 is 5.11 Å². The van der Waals surface area contributed by atoms with Gasteiger partial charge in [-0.25, -0.2) is 0 Å². The third kappa shape index (κ3) is 0.601. The van der Waals surface area contributed by atoms with Crippen LogP contribution in [0.25, 0.3) is 0 Å². The Hall–Kier alpha value is -0.300. The van der Waals surface area contributed by atoms with Gasteiger partial charge in [-0.15, -0.1) is 0 Å². The van der Waals surface area contributed by atoms with E-state index in [1.54, 1.807) is 6.42 Å². The molecule has 1 nitrogen and oxygen atoms in total. The summed E-state index contributed by atoms with van der Waals surface area (Å²) in [5, 5.41) is 8.61. The molecule has 0 saturated heterocycles. The van der Waals surface area contributed by atoms with E-state index in [2.05, 4.69) is 0 Å². The van der Waals surface area contributed by atoms with Crippen LogP contribution in [0.15, 0.2) is 12.2 Å². The fraction of sp³-hybridized carbons (Fsp3) is 0.400. The van der Waals surface area contributed by atoms with Crippen LogP contribution >= 0.6 is 0 Å². The first-order chi connectivity index (χ1) is 2.89. The SMILES string of the molecule is OC1[CH]C=CC1. The lowest BCUT2D eigenvalue weighted by Gasteiger charge is -1.91. The molecule has 1 unspecified atom stereocenters. The molecule has 0 heterocycles. The van der Waals surface area contributed by atoms with Gasteiger partial charge in [0.15, 0.2) is 0 Å². The molecule has 0 spiro atoms. The lowest BCUT2D eigenvalue weighted by atomic mass is 10.3. The van der Waals surface area contributed by atoms with Crippen LogP contribution in [0.1, 0.15) is 6.42 Å². The molecule has 0 amide bonds. The zero-order valence-electron chi connectivity index (χ0n) is 3.46. The van der Waals surface area contributed by atoms with Gasteiger partial charge in [0, 0.05) is 6.42 Å². The van der Waals surface area contributed by atoms with Crippen molar-refractivity contribution in [1.82, 2.24) is 0 Å². The third-order valence-corrected chi connectivity index (χ3v) is 0.847. The van der Waals surface area contributed by atoms with Crippen molar-refractivity contribution >= 4 is 0 Å². The maximum Gasteiger partial charge on any atom is 0.0643 e. The summed E-state index contributed by atoms with van der Waals surface area (Å²) in [6.45, 7) is 0. The molecular formula is C5H7O. The van der Waals surface area contributed by atoms with Crippen LogP contribution in [0.4, 0.5) is 0 Å². The fourth-order valence-corrected chi connectivity index (χ4v) is 0.503. The Morgan fingerprint density at radius 2 is 2.50 bits per heavy atom. The Labute approximate surface area is 37.3 Å². The van der Waals surface area contributed by atoms with Crippen molar-refractivity contribution in [3.63, 3.8) is 0 Å². The molecule has 1 rings (SSSR count). The minimum Gasteiger partial charge on any atom is -0.392 e. The summed E-state index contributed by atoms with van der Waals surface area (Å²) >= 11 is 0. The van der Waals surface area contributed by atoms with Gasteiger partial charge in [0.1, 0.15) is 0 Å². The molecule has 0 aliphatic heterocycles. The van der Waals surface area contributed by atoms with Gasteiger partial charge in [0.25, 0.3) is 0 Å². The van der Waals surface area contributed by atoms with Crippen molar-refractivity contribution in [3.8, 4) is 0 Å². The van der Waals surface area contributed by atoms with E-state index in [4.69, 9.17) is 5.11 Å². The summed E-state index contributed by atoms with van der Waals surface area (Å²) in [6, 6.07) is 0. The van der Waals surface area contributed by atoms with Crippen LogP contribution < -0.4 is 0 Å². The maximum atomic E-state index is 8.61. The van der Waals surface area contributed by atoms with E-state index in [0.717, 1.165) is 6.42 Å². The Morgan fingerprint density at radius 1 is 1.67 bits per heavy atom. The van der Waals surface area contributed by atoms with E-state index in [0.29, 0.717) is 0 Å². The molecule has 1 aliphatic rings. The zero-order valence-corrected chi connectivity index (χ0v) is 3.46. The van der Waals surface area contributed by atoms with Crippen molar-refractivity contribution in [3.05, 3.63) is 18.6 Å². The highest BCUT2D eigenvalue weighted by molar-refractivity contribution is 5.08. The topological polar surface area (TPSA) is 20.2 Å². The number of hydrogen-bond acceptors (Lipinski definition) is 1. The molecule has 0 aromatic heterocycles. The molecule has 0 aromatic carbocycles. The predicted octanol–water partition coefficient (Wildman–Crippen LogP) is 0.511.